The number of para-hydroxylation sites is 2. The van der Waals surface area contributed by atoms with Crippen molar-refractivity contribution in [3.05, 3.63) is 83.6 Å². The summed E-state index contributed by atoms with van der Waals surface area (Å²) in [5.74, 6) is 1.20. The molecule has 0 saturated heterocycles. The minimum atomic E-state index is 0.481. The molecule has 2 heterocycles. The van der Waals surface area contributed by atoms with E-state index in [4.69, 9.17) is 4.52 Å². The molecule has 4 aromatic rings. The number of aromatic nitrogens is 2. The summed E-state index contributed by atoms with van der Waals surface area (Å²) >= 11 is 1.60. The molecule has 136 valence electrons. The van der Waals surface area contributed by atoms with Gasteiger partial charge in [0.15, 0.2) is 0 Å². The molecule has 0 aliphatic heterocycles. The Morgan fingerprint density at radius 2 is 1.81 bits per heavy atom. The van der Waals surface area contributed by atoms with Crippen LogP contribution in [-0.2, 0) is 13.1 Å². The van der Waals surface area contributed by atoms with Crippen LogP contribution in [0.1, 0.15) is 11.5 Å². The normalized spacial score (nSPS) is 10.7. The van der Waals surface area contributed by atoms with Crippen LogP contribution >= 0.6 is 11.3 Å². The highest BCUT2D eigenvalue weighted by molar-refractivity contribution is 7.13. The average molecular weight is 376 g/mol. The predicted octanol–water partition coefficient (Wildman–Crippen LogP) is 5.05. The SMILES string of the molecule is CN(Cc1ccccc1)c1ccccc1NCc1nc(-c2cccs2)no1. The summed E-state index contributed by atoms with van der Waals surface area (Å²) < 4.78 is 5.38. The molecule has 0 unspecified atom stereocenters. The summed E-state index contributed by atoms with van der Waals surface area (Å²) in [7, 11) is 2.09. The van der Waals surface area contributed by atoms with E-state index in [1.165, 1.54) is 5.56 Å². The third kappa shape index (κ3) is 4.17. The molecule has 6 heteroatoms. The lowest BCUT2D eigenvalue weighted by Crippen LogP contribution is -2.18. The van der Waals surface area contributed by atoms with Gasteiger partial charge in [0.25, 0.3) is 0 Å². The summed E-state index contributed by atoms with van der Waals surface area (Å²) in [6, 6.07) is 22.6. The van der Waals surface area contributed by atoms with Crippen LogP contribution < -0.4 is 10.2 Å². The third-order valence-corrected chi connectivity index (χ3v) is 5.08. The zero-order valence-corrected chi connectivity index (χ0v) is 15.8. The Bertz CT molecular complexity index is 982. The van der Waals surface area contributed by atoms with Gasteiger partial charge in [-0.15, -0.1) is 11.3 Å². The van der Waals surface area contributed by atoms with Crippen molar-refractivity contribution in [3.63, 3.8) is 0 Å². The quantitative estimate of drug-likeness (QED) is 0.489. The number of hydrogen-bond acceptors (Lipinski definition) is 6. The smallest absolute Gasteiger partial charge is 0.246 e. The number of nitrogens with zero attached hydrogens (tertiary/aromatic N) is 3. The fourth-order valence-electron chi connectivity index (χ4n) is 2.90. The van der Waals surface area contributed by atoms with E-state index in [0.717, 1.165) is 22.8 Å². The average Bonchev–Trinajstić information content (AvgIpc) is 3.39. The minimum Gasteiger partial charge on any atom is -0.374 e. The van der Waals surface area contributed by atoms with Crippen LogP contribution in [0.25, 0.3) is 10.7 Å². The van der Waals surface area contributed by atoms with Crippen molar-refractivity contribution in [2.75, 3.05) is 17.3 Å². The van der Waals surface area contributed by atoms with Crippen LogP contribution in [0.4, 0.5) is 11.4 Å². The third-order valence-electron chi connectivity index (χ3n) is 4.22. The summed E-state index contributed by atoms with van der Waals surface area (Å²) in [6.45, 7) is 1.32. The maximum atomic E-state index is 5.38. The minimum absolute atomic E-state index is 0.481. The van der Waals surface area contributed by atoms with Gasteiger partial charge in [-0.3, -0.25) is 0 Å². The number of hydrogen-bond donors (Lipinski definition) is 1. The van der Waals surface area contributed by atoms with Gasteiger partial charge in [-0.1, -0.05) is 53.7 Å². The monoisotopic (exact) mass is 376 g/mol. The van der Waals surface area contributed by atoms with Crippen molar-refractivity contribution in [1.29, 1.82) is 0 Å². The molecule has 2 aromatic carbocycles. The molecule has 0 aliphatic carbocycles. The van der Waals surface area contributed by atoms with Crippen molar-refractivity contribution >= 4 is 22.7 Å². The van der Waals surface area contributed by atoms with Gasteiger partial charge in [-0.2, -0.15) is 4.98 Å². The van der Waals surface area contributed by atoms with Crippen molar-refractivity contribution in [1.82, 2.24) is 10.1 Å². The highest BCUT2D eigenvalue weighted by Crippen LogP contribution is 2.27. The molecular formula is C21H20N4OS. The zero-order chi connectivity index (χ0) is 18.5. The summed E-state index contributed by atoms with van der Waals surface area (Å²) in [5, 5.41) is 9.48. The zero-order valence-electron chi connectivity index (χ0n) is 15.0. The fraction of sp³-hybridized carbons (Fsp3) is 0.143. The summed E-state index contributed by atoms with van der Waals surface area (Å²) in [4.78, 5) is 7.70. The standard InChI is InChI=1S/C21H20N4OS/c1-25(15-16-8-3-2-4-9-16)18-11-6-5-10-17(18)22-14-20-23-21(24-26-20)19-12-7-13-27-19/h2-13,22H,14-15H2,1H3. The molecule has 5 nitrogen and oxygen atoms in total. The molecule has 0 saturated carbocycles. The van der Waals surface area contributed by atoms with E-state index in [1.807, 2.05) is 35.7 Å². The lowest BCUT2D eigenvalue weighted by atomic mass is 10.2. The van der Waals surface area contributed by atoms with Crippen molar-refractivity contribution in [2.24, 2.45) is 0 Å². The Labute approximate surface area is 162 Å². The molecule has 0 fully saturated rings. The Balaban J connectivity index is 1.45. The Kier molecular flexibility index (Phi) is 5.16. The largest absolute Gasteiger partial charge is 0.374 e. The van der Waals surface area contributed by atoms with E-state index in [2.05, 4.69) is 63.8 Å². The van der Waals surface area contributed by atoms with Crippen LogP contribution in [0.5, 0.6) is 0 Å². The summed E-state index contributed by atoms with van der Waals surface area (Å²) in [5.41, 5.74) is 3.43. The van der Waals surface area contributed by atoms with E-state index in [1.54, 1.807) is 11.3 Å². The highest BCUT2D eigenvalue weighted by atomic mass is 32.1. The number of rotatable bonds is 7. The van der Waals surface area contributed by atoms with Crippen molar-refractivity contribution in [2.45, 2.75) is 13.1 Å². The van der Waals surface area contributed by atoms with E-state index >= 15 is 0 Å². The molecule has 4 rings (SSSR count). The van der Waals surface area contributed by atoms with E-state index < -0.39 is 0 Å². The molecule has 27 heavy (non-hydrogen) atoms. The van der Waals surface area contributed by atoms with Gasteiger partial charge in [-0.05, 0) is 29.1 Å². The Morgan fingerprint density at radius 3 is 2.63 bits per heavy atom. The van der Waals surface area contributed by atoms with Crippen LogP contribution in [0.2, 0.25) is 0 Å². The molecular weight excluding hydrogens is 356 g/mol. The van der Waals surface area contributed by atoms with Crippen LogP contribution in [0, 0.1) is 0 Å². The van der Waals surface area contributed by atoms with Gasteiger partial charge in [0, 0.05) is 13.6 Å². The first kappa shape index (κ1) is 17.3. The second kappa shape index (κ2) is 8.05. The molecule has 1 N–H and O–H groups in total. The first-order valence-corrected chi connectivity index (χ1v) is 9.62. The van der Waals surface area contributed by atoms with E-state index in [-0.39, 0.29) is 0 Å². The van der Waals surface area contributed by atoms with Gasteiger partial charge in [0.05, 0.1) is 22.8 Å². The molecule has 0 spiro atoms. The fourth-order valence-corrected chi connectivity index (χ4v) is 3.55. The Morgan fingerprint density at radius 1 is 1.00 bits per heavy atom. The van der Waals surface area contributed by atoms with Gasteiger partial charge in [0.2, 0.25) is 11.7 Å². The molecule has 0 aliphatic rings. The van der Waals surface area contributed by atoms with Crippen molar-refractivity contribution < 1.29 is 4.52 Å². The van der Waals surface area contributed by atoms with Gasteiger partial charge in [0.1, 0.15) is 0 Å². The highest BCUT2D eigenvalue weighted by Gasteiger charge is 2.11. The van der Waals surface area contributed by atoms with Gasteiger partial charge >= 0.3 is 0 Å². The predicted molar refractivity (Wildman–Crippen MR) is 110 cm³/mol. The van der Waals surface area contributed by atoms with E-state index in [9.17, 15) is 0 Å². The second-order valence-electron chi connectivity index (χ2n) is 6.20. The first-order valence-electron chi connectivity index (χ1n) is 8.74. The van der Waals surface area contributed by atoms with Crippen LogP contribution in [-0.4, -0.2) is 17.2 Å². The lowest BCUT2D eigenvalue weighted by Gasteiger charge is -2.23. The molecule has 2 aromatic heterocycles. The first-order chi connectivity index (χ1) is 13.3. The topological polar surface area (TPSA) is 54.2 Å². The Hall–Kier alpha value is -3.12. The summed E-state index contributed by atoms with van der Waals surface area (Å²) in [6.07, 6.45) is 0. The number of thiophene rings is 1. The number of nitrogens with one attached hydrogen (secondary N) is 1. The van der Waals surface area contributed by atoms with Gasteiger partial charge in [-0.25, -0.2) is 0 Å². The number of anilines is 2. The molecule has 0 radical (unpaired) electrons. The van der Waals surface area contributed by atoms with E-state index in [0.29, 0.717) is 18.3 Å². The van der Waals surface area contributed by atoms with Crippen molar-refractivity contribution in [3.8, 4) is 10.7 Å². The maximum absolute atomic E-state index is 5.38. The van der Waals surface area contributed by atoms with Crippen LogP contribution in [0.15, 0.2) is 76.6 Å². The molecule has 0 atom stereocenters. The molecule has 0 amide bonds. The maximum Gasteiger partial charge on any atom is 0.246 e. The lowest BCUT2D eigenvalue weighted by molar-refractivity contribution is 0.384. The second-order valence-corrected chi connectivity index (χ2v) is 7.15. The van der Waals surface area contributed by atoms with Gasteiger partial charge < -0.3 is 14.7 Å². The number of benzene rings is 2. The van der Waals surface area contributed by atoms with Crippen LogP contribution in [0.3, 0.4) is 0 Å². The molecule has 0 bridgehead atoms.